The Bertz CT molecular complexity index is 1260. The lowest BCUT2D eigenvalue weighted by Crippen LogP contribution is -2.60. The molecule has 1 saturated heterocycles. The Morgan fingerprint density at radius 2 is 1.30 bits per heavy atom. The summed E-state index contributed by atoms with van der Waals surface area (Å²) in [6.07, 6.45) is 24.0. The highest BCUT2D eigenvalue weighted by Gasteiger charge is 2.46. The van der Waals surface area contributed by atoms with E-state index in [-0.39, 0.29) is 19.4 Å². The summed E-state index contributed by atoms with van der Waals surface area (Å²) in [5.74, 6) is -2.15. The van der Waals surface area contributed by atoms with Gasteiger partial charge >= 0.3 is 11.9 Å². The summed E-state index contributed by atoms with van der Waals surface area (Å²) in [4.78, 5) is 25.0. The smallest absolute Gasteiger partial charge is 0.306 e. The Labute approximate surface area is 297 Å². The van der Waals surface area contributed by atoms with Gasteiger partial charge in [-0.1, -0.05) is 98.9 Å². The van der Waals surface area contributed by atoms with Gasteiger partial charge in [0.1, 0.15) is 36.8 Å². The zero-order valence-electron chi connectivity index (χ0n) is 29.2. The number of ether oxygens (including phenoxy) is 4. The Morgan fingerprint density at radius 3 is 1.96 bits per heavy atom. The van der Waals surface area contributed by atoms with Gasteiger partial charge < -0.3 is 34.3 Å². The lowest BCUT2D eigenvalue weighted by atomic mass is 10.00. The van der Waals surface area contributed by atoms with E-state index >= 15 is 0 Å². The van der Waals surface area contributed by atoms with Gasteiger partial charge in [-0.25, -0.2) is 0 Å². The van der Waals surface area contributed by atoms with Crippen molar-refractivity contribution in [1.29, 1.82) is 0 Å². The van der Waals surface area contributed by atoms with Crippen LogP contribution in [0.2, 0.25) is 0 Å². The molecule has 50 heavy (non-hydrogen) atoms. The molecule has 0 saturated carbocycles. The minimum Gasteiger partial charge on any atom is -0.462 e. The third kappa shape index (κ3) is 22.5. The predicted octanol–water partition coefficient (Wildman–Crippen LogP) is 4.99. The molecule has 6 atom stereocenters. The van der Waals surface area contributed by atoms with Crippen LogP contribution in [0.5, 0.6) is 0 Å². The van der Waals surface area contributed by atoms with Crippen molar-refractivity contribution in [2.24, 2.45) is 0 Å². The van der Waals surface area contributed by atoms with Gasteiger partial charge in [0.2, 0.25) is 0 Å². The van der Waals surface area contributed by atoms with Gasteiger partial charge in [0, 0.05) is 12.8 Å². The van der Waals surface area contributed by atoms with Gasteiger partial charge in [-0.2, -0.15) is 8.42 Å². The first kappa shape index (κ1) is 44.9. The molecule has 1 aliphatic rings. The molecule has 3 unspecified atom stereocenters. The third-order valence-corrected chi connectivity index (χ3v) is 7.85. The van der Waals surface area contributed by atoms with E-state index in [4.69, 9.17) is 18.9 Å². The topological polar surface area (TPSA) is 186 Å². The van der Waals surface area contributed by atoms with Crippen LogP contribution in [0.25, 0.3) is 0 Å². The average molecular weight is 725 g/mol. The van der Waals surface area contributed by atoms with Gasteiger partial charge in [0.05, 0.1) is 6.61 Å². The number of carbonyl (C=O) groups is 2. The second-order valence-corrected chi connectivity index (χ2v) is 13.0. The molecule has 282 valence electrons. The minimum atomic E-state index is -4.61. The number of hydrogen-bond donors (Lipinski definition) is 4. The van der Waals surface area contributed by atoms with Crippen LogP contribution in [-0.2, 0) is 38.7 Å². The Morgan fingerprint density at radius 1 is 0.700 bits per heavy atom. The summed E-state index contributed by atoms with van der Waals surface area (Å²) < 4.78 is 53.5. The Kier molecular flexibility index (Phi) is 24.7. The number of carbonyl (C=O) groups excluding carboxylic acids is 2. The first-order chi connectivity index (χ1) is 24.0. The number of hydrogen-bond acceptors (Lipinski definition) is 11. The van der Waals surface area contributed by atoms with E-state index in [0.717, 1.165) is 32.1 Å². The standard InChI is InChI=1S/C37H56O12S/c1-3-5-7-9-11-13-14-15-16-18-20-22-24-26-33(39)48-30(27-46-32(38)25-23-21-19-17-12-10-8-6-4-2)28-47-37-36(42)35(41)34(40)31(49-37)29-50(43,44)45/h5-9,11-18,20,30-31,34-37,40-42H,3-4,10,19,21-29H2,1-2H3,(H,43,44,45)/b7-5+,8-6+,11-9+,14-13+,16-15+,17-12+,20-18+/t30?,31-,34-,35?,36?,37+/m1/s1. The summed E-state index contributed by atoms with van der Waals surface area (Å²) in [5.41, 5.74) is 0. The molecule has 1 heterocycles. The second kappa shape index (κ2) is 27.5. The molecule has 1 fully saturated rings. The summed E-state index contributed by atoms with van der Waals surface area (Å²) in [6, 6.07) is 0. The first-order valence-corrected chi connectivity index (χ1v) is 18.8. The lowest BCUT2D eigenvalue weighted by molar-refractivity contribution is -0.297. The molecule has 0 amide bonds. The molecule has 0 aromatic heterocycles. The average Bonchev–Trinajstić information content (AvgIpc) is 3.07. The van der Waals surface area contributed by atoms with Crippen molar-refractivity contribution in [3.05, 3.63) is 85.1 Å². The van der Waals surface area contributed by atoms with E-state index in [1.165, 1.54) is 0 Å². The van der Waals surface area contributed by atoms with Crippen LogP contribution in [-0.4, -0.2) is 96.0 Å². The van der Waals surface area contributed by atoms with Gasteiger partial charge in [0.25, 0.3) is 10.1 Å². The van der Waals surface area contributed by atoms with Crippen molar-refractivity contribution in [3.8, 4) is 0 Å². The van der Waals surface area contributed by atoms with E-state index < -0.39 is 71.2 Å². The van der Waals surface area contributed by atoms with Crippen molar-refractivity contribution in [2.45, 2.75) is 115 Å². The maximum atomic E-state index is 12.6. The monoisotopic (exact) mass is 724 g/mol. The van der Waals surface area contributed by atoms with E-state index in [1.807, 2.05) is 54.7 Å². The fourth-order valence-electron chi connectivity index (χ4n) is 4.45. The molecule has 12 nitrogen and oxygen atoms in total. The van der Waals surface area contributed by atoms with Crippen molar-refractivity contribution < 1.29 is 56.8 Å². The van der Waals surface area contributed by atoms with Gasteiger partial charge in [0.15, 0.2) is 12.4 Å². The van der Waals surface area contributed by atoms with Gasteiger partial charge in [-0.05, 0) is 51.4 Å². The zero-order chi connectivity index (χ0) is 37.0. The Hall–Kier alpha value is -3.17. The number of esters is 2. The maximum Gasteiger partial charge on any atom is 0.306 e. The SMILES string of the molecule is CC/C=C/C=C/C=C/C=C/C=C/CCCC(=O)OC(COC(=O)CCCC/C=C/C/C=C/CC)CO[C@H]1O[C@H](CS(=O)(=O)O)[C@@H](O)C(O)C1O. The maximum absolute atomic E-state index is 12.6. The van der Waals surface area contributed by atoms with E-state index in [2.05, 4.69) is 44.2 Å². The fourth-order valence-corrected chi connectivity index (χ4v) is 5.14. The van der Waals surface area contributed by atoms with Crippen LogP contribution in [0.3, 0.4) is 0 Å². The second-order valence-electron chi connectivity index (χ2n) is 11.5. The number of allylic oxidation sites excluding steroid dienone is 14. The normalized spacial score (nSPS) is 22.7. The van der Waals surface area contributed by atoms with E-state index in [9.17, 15) is 37.9 Å². The van der Waals surface area contributed by atoms with E-state index in [1.54, 1.807) is 0 Å². The largest absolute Gasteiger partial charge is 0.462 e. The minimum absolute atomic E-state index is 0.0557. The summed E-state index contributed by atoms with van der Waals surface area (Å²) >= 11 is 0. The van der Waals surface area contributed by atoms with Crippen molar-refractivity contribution in [1.82, 2.24) is 0 Å². The molecule has 0 aromatic carbocycles. The number of aliphatic hydroxyl groups is 3. The summed E-state index contributed by atoms with van der Waals surface area (Å²) in [5, 5.41) is 30.6. The highest BCUT2D eigenvalue weighted by Crippen LogP contribution is 2.23. The van der Waals surface area contributed by atoms with Crippen molar-refractivity contribution in [3.63, 3.8) is 0 Å². The molecule has 4 N–H and O–H groups in total. The number of rotatable bonds is 25. The molecule has 0 radical (unpaired) electrons. The van der Waals surface area contributed by atoms with Crippen molar-refractivity contribution >= 4 is 22.1 Å². The van der Waals surface area contributed by atoms with Crippen LogP contribution >= 0.6 is 0 Å². The van der Waals surface area contributed by atoms with Gasteiger partial charge in [-0.15, -0.1) is 0 Å². The molecule has 1 aliphatic heterocycles. The highest BCUT2D eigenvalue weighted by atomic mass is 32.2. The van der Waals surface area contributed by atoms with Gasteiger partial charge in [-0.3, -0.25) is 14.1 Å². The van der Waals surface area contributed by atoms with Crippen LogP contribution in [0.4, 0.5) is 0 Å². The third-order valence-electron chi connectivity index (χ3n) is 7.10. The molecule has 13 heteroatoms. The molecular weight excluding hydrogens is 668 g/mol. The molecule has 1 rings (SSSR count). The van der Waals surface area contributed by atoms with E-state index in [0.29, 0.717) is 19.3 Å². The highest BCUT2D eigenvalue weighted by molar-refractivity contribution is 7.85. The molecule has 0 aromatic rings. The lowest BCUT2D eigenvalue weighted by Gasteiger charge is -2.40. The van der Waals surface area contributed by atoms with Crippen molar-refractivity contribution in [2.75, 3.05) is 19.0 Å². The molecule has 0 aliphatic carbocycles. The molecule has 0 bridgehead atoms. The molecular formula is C37H56O12S. The Balaban J connectivity index is 2.68. The number of unbranched alkanes of at least 4 members (excludes halogenated alkanes) is 3. The van der Waals surface area contributed by atoms with Crippen LogP contribution < -0.4 is 0 Å². The predicted molar refractivity (Wildman–Crippen MR) is 191 cm³/mol. The number of aliphatic hydroxyl groups excluding tert-OH is 3. The summed E-state index contributed by atoms with van der Waals surface area (Å²) in [6.45, 7) is 3.32. The zero-order valence-corrected chi connectivity index (χ0v) is 30.0. The quantitative estimate of drug-likeness (QED) is 0.0326. The fraction of sp³-hybridized carbons (Fsp3) is 0.568. The van der Waals surface area contributed by atoms with Crippen LogP contribution in [0.1, 0.15) is 78.1 Å². The van der Waals surface area contributed by atoms with Crippen LogP contribution in [0, 0.1) is 0 Å². The van der Waals surface area contributed by atoms with Crippen LogP contribution in [0.15, 0.2) is 85.1 Å². The summed E-state index contributed by atoms with van der Waals surface area (Å²) in [7, 11) is -4.61. The first-order valence-electron chi connectivity index (χ1n) is 17.2. The molecule has 0 spiro atoms.